The van der Waals surface area contributed by atoms with Crippen LogP contribution >= 0.6 is 23.4 Å². The lowest BCUT2D eigenvalue weighted by Crippen LogP contribution is -2.38. The summed E-state index contributed by atoms with van der Waals surface area (Å²) < 4.78 is 17.1. The van der Waals surface area contributed by atoms with Crippen LogP contribution in [0.2, 0.25) is 5.02 Å². The van der Waals surface area contributed by atoms with E-state index >= 15 is 0 Å². The van der Waals surface area contributed by atoms with Crippen molar-refractivity contribution in [2.24, 2.45) is 4.99 Å². The molecule has 9 heteroatoms. The van der Waals surface area contributed by atoms with Gasteiger partial charge in [-0.1, -0.05) is 71.9 Å². The van der Waals surface area contributed by atoms with Crippen LogP contribution in [0.3, 0.4) is 0 Å². The average Bonchev–Trinajstić information content (AvgIpc) is 3.36. The molecular formula is C29H24ClN3O4S. The fraction of sp³-hybridized carbons (Fsp3) is 0.138. The van der Waals surface area contributed by atoms with Crippen molar-refractivity contribution in [1.29, 1.82) is 5.41 Å². The molecule has 1 N–H and O–H groups in total. The summed E-state index contributed by atoms with van der Waals surface area (Å²) in [5.41, 5.74) is 2.48. The van der Waals surface area contributed by atoms with E-state index < -0.39 is 5.91 Å². The third-order valence-corrected chi connectivity index (χ3v) is 6.90. The predicted octanol–water partition coefficient (Wildman–Crippen LogP) is 6.50. The van der Waals surface area contributed by atoms with E-state index in [9.17, 15) is 4.79 Å². The monoisotopic (exact) mass is 545 g/mol. The third kappa shape index (κ3) is 5.46. The van der Waals surface area contributed by atoms with Crippen molar-refractivity contribution >= 4 is 52.0 Å². The molecule has 192 valence electrons. The molecule has 2 aliphatic heterocycles. The zero-order valence-electron chi connectivity index (χ0n) is 20.5. The topological polar surface area (TPSA) is 84.2 Å². The van der Waals surface area contributed by atoms with Gasteiger partial charge in [-0.2, -0.15) is 4.99 Å². The van der Waals surface area contributed by atoms with E-state index in [1.54, 1.807) is 23.1 Å². The van der Waals surface area contributed by atoms with Crippen LogP contribution in [0.1, 0.15) is 17.5 Å². The lowest BCUT2D eigenvalue weighted by molar-refractivity contribution is -0.114. The number of para-hydroxylation sites is 1. The van der Waals surface area contributed by atoms with E-state index in [0.29, 0.717) is 46.9 Å². The zero-order chi connectivity index (χ0) is 26.5. The highest BCUT2D eigenvalue weighted by Crippen LogP contribution is 2.39. The molecule has 0 bridgehead atoms. The SMILES string of the molecule is COc1cc(/C=C2/C(=N)N3C(c4ccccc4)=CSC3=NC2=O)cc(Cl)c1OCCCOc1ccccc1. The summed E-state index contributed by atoms with van der Waals surface area (Å²) in [6, 6.07) is 22.7. The Balaban J connectivity index is 1.31. The number of thioether (sulfide) groups is 1. The van der Waals surface area contributed by atoms with Crippen LogP contribution in [-0.2, 0) is 4.79 Å². The number of nitrogens with one attached hydrogen (secondary N) is 1. The van der Waals surface area contributed by atoms with E-state index in [1.165, 1.54) is 18.9 Å². The van der Waals surface area contributed by atoms with Gasteiger partial charge in [0.15, 0.2) is 16.7 Å². The Morgan fingerprint density at radius 2 is 1.74 bits per heavy atom. The van der Waals surface area contributed by atoms with Crippen molar-refractivity contribution in [3.63, 3.8) is 0 Å². The van der Waals surface area contributed by atoms with Crippen LogP contribution < -0.4 is 14.2 Å². The van der Waals surface area contributed by atoms with E-state index in [-0.39, 0.29) is 11.4 Å². The highest BCUT2D eigenvalue weighted by atomic mass is 35.5. The fourth-order valence-electron chi connectivity index (χ4n) is 3.98. The van der Waals surface area contributed by atoms with Gasteiger partial charge < -0.3 is 14.2 Å². The summed E-state index contributed by atoms with van der Waals surface area (Å²) in [4.78, 5) is 18.7. The molecule has 2 aliphatic rings. The Morgan fingerprint density at radius 3 is 2.47 bits per heavy atom. The van der Waals surface area contributed by atoms with Crippen molar-refractivity contribution in [3.05, 3.63) is 99.9 Å². The maximum atomic E-state index is 12.8. The Morgan fingerprint density at radius 1 is 1.03 bits per heavy atom. The van der Waals surface area contributed by atoms with Crippen LogP contribution in [0.25, 0.3) is 11.8 Å². The number of rotatable bonds is 9. The van der Waals surface area contributed by atoms with Gasteiger partial charge in [0.05, 0.1) is 36.6 Å². The number of ether oxygens (including phenoxy) is 3. The Hall–Kier alpha value is -4.01. The molecule has 38 heavy (non-hydrogen) atoms. The minimum Gasteiger partial charge on any atom is -0.493 e. The van der Waals surface area contributed by atoms with Gasteiger partial charge in [0.1, 0.15) is 11.6 Å². The second-order valence-corrected chi connectivity index (χ2v) is 9.57. The van der Waals surface area contributed by atoms with Gasteiger partial charge in [0.25, 0.3) is 5.91 Å². The van der Waals surface area contributed by atoms with E-state index in [1.807, 2.05) is 66.1 Å². The number of amidine groups is 2. The van der Waals surface area contributed by atoms with Gasteiger partial charge in [-0.3, -0.25) is 15.1 Å². The first-order valence-corrected chi connectivity index (χ1v) is 13.1. The first-order valence-electron chi connectivity index (χ1n) is 11.9. The largest absolute Gasteiger partial charge is 0.493 e. The summed E-state index contributed by atoms with van der Waals surface area (Å²) in [5.74, 6) is 1.21. The van der Waals surface area contributed by atoms with Crippen LogP contribution in [0.5, 0.6) is 17.2 Å². The van der Waals surface area contributed by atoms with Crippen molar-refractivity contribution in [2.45, 2.75) is 6.42 Å². The van der Waals surface area contributed by atoms with Gasteiger partial charge >= 0.3 is 0 Å². The Bertz CT molecular complexity index is 1460. The summed E-state index contributed by atoms with van der Waals surface area (Å²) in [5, 5.41) is 11.5. The lowest BCUT2D eigenvalue weighted by atomic mass is 10.1. The highest BCUT2D eigenvalue weighted by Gasteiger charge is 2.36. The van der Waals surface area contributed by atoms with Gasteiger partial charge in [-0.15, -0.1) is 0 Å². The minimum atomic E-state index is -0.481. The normalized spacial score (nSPS) is 15.7. The van der Waals surface area contributed by atoms with Crippen molar-refractivity contribution in [2.75, 3.05) is 20.3 Å². The Labute approximate surface area is 229 Å². The molecule has 3 aromatic carbocycles. The minimum absolute atomic E-state index is 0.0499. The number of amides is 1. The number of aliphatic imine (C=N–C) groups is 1. The van der Waals surface area contributed by atoms with Gasteiger partial charge in [-0.05, 0) is 41.5 Å². The molecule has 0 unspecified atom stereocenters. The molecule has 0 radical (unpaired) electrons. The van der Waals surface area contributed by atoms with E-state index in [0.717, 1.165) is 17.0 Å². The van der Waals surface area contributed by atoms with Gasteiger partial charge in [0.2, 0.25) is 0 Å². The predicted molar refractivity (Wildman–Crippen MR) is 152 cm³/mol. The molecule has 0 aromatic heterocycles. The second-order valence-electron chi connectivity index (χ2n) is 8.33. The maximum Gasteiger partial charge on any atom is 0.283 e. The number of carbonyl (C=O) groups excluding carboxylic acids is 1. The van der Waals surface area contributed by atoms with E-state index in [4.69, 9.17) is 31.2 Å². The number of methoxy groups -OCH3 is 1. The molecule has 0 saturated heterocycles. The molecule has 0 fully saturated rings. The molecule has 0 spiro atoms. The molecule has 0 saturated carbocycles. The molecule has 7 nitrogen and oxygen atoms in total. The average molecular weight is 546 g/mol. The molecule has 1 amide bonds. The van der Waals surface area contributed by atoms with Crippen LogP contribution in [-0.4, -0.2) is 42.1 Å². The number of fused-ring (bicyclic) bond motifs is 1. The highest BCUT2D eigenvalue weighted by molar-refractivity contribution is 8.17. The first-order chi connectivity index (χ1) is 18.5. The van der Waals surface area contributed by atoms with Crippen LogP contribution in [0.4, 0.5) is 0 Å². The molecule has 5 rings (SSSR count). The summed E-state index contributed by atoms with van der Waals surface area (Å²) >= 11 is 7.87. The number of hydrogen-bond acceptors (Lipinski definition) is 6. The molecule has 2 heterocycles. The Kier molecular flexibility index (Phi) is 7.81. The first kappa shape index (κ1) is 25.6. The zero-order valence-corrected chi connectivity index (χ0v) is 22.1. The number of benzene rings is 3. The smallest absolute Gasteiger partial charge is 0.283 e. The molecule has 0 atom stereocenters. The van der Waals surface area contributed by atoms with Crippen LogP contribution in [0, 0.1) is 5.41 Å². The van der Waals surface area contributed by atoms with Crippen molar-refractivity contribution < 1.29 is 19.0 Å². The maximum absolute atomic E-state index is 12.8. The molecule has 0 aliphatic carbocycles. The third-order valence-electron chi connectivity index (χ3n) is 5.79. The van der Waals surface area contributed by atoms with Gasteiger partial charge in [0, 0.05) is 11.8 Å². The van der Waals surface area contributed by atoms with Crippen molar-refractivity contribution in [1.82, 2.24) is 4.90 Å². The number of carbonyl (C=O) groups is 1. The summed E-state index contributed by atoms with van der Waals surface area (Å²) in [7, 11) is 1.52. The second kappa shape index (κ2) is 11.6. The summed E-state index contributed by atoms with van der Waals surface area (Å²) in [6.07, 6.45) is 2.25. The number of hydrogen-bond donors (Lipinski definition) is 1. The number of nitrogens with zero attached hydrogens (tertiary/aromatic N) is 2. The quantitative estimate of drug-likeness (QED) is 0.244. The fourth-order valence-corrected chi connectivity index (χ4v) is 5.15. The number of halogens is 1. The summed E-state index contributed by atoms with van der Waals surface area (Å²) in [6.45, 7) is 0.875. The van der Waals surface area contributed by atoms with Gasteiger partial charge in [-0.25, -0.2) is 0 Å². The van der Waals surface area contributed by atoms with E-state index in [2.05, 4.69) is 4.99 Å². The molecular weight excluding hydrogens is 522 g/mol. The standard InChI is InChI=1S/C29H24ClN3O4S/c1-35-25-17-19(16-23(30)26(25)37-14-8-13-36-21-11-6-3-7-12-21)15-22-27(31)33-24(20-9-4-2-5-10-20)18-38-29(33)32-28(22)34/h2-7,9-12,15-18,31H,8,13-14H2,1H3/b22-15-,31-27?. The molecule has 3 aromatic rings. The van der Waals surface area contributed by atoms with Crippen molar-refractivity contribution in [3.8, 4) is 17.2 Å². The lowest BCUT2D eigenvalue weighted by Gasteiger charge is -2.27. The van der Waals surface area contributed by atoms with Crippen LogP contribution in [0.15, 0.2) is 88.8 Å².